The Kier molecular flexibility index (Phi) is 5.23. The molecule has 1 aromatic heterocycles. The van der Waals surface area contributed by atoms with E-state index in [2.05, 4.69) is 9.88 Å². The molecule has 0 bridgehead atoms. The summed E-state index contributed by atoms with van der Waals surface area (Å²) in [5.74, 6) is -0.346. The molecule has 0 radical (unpaired) electrons. The molecule has 1 heterocycles. The van der Waals surface area contributed by atoms with E-state index in [-0.39, 0.29) is 5.82 Å². The number of rotatable bonds is 6. The molecular weight excluding hydrogens is 275 g/mol. The van der Waals surface area contributed by atoms with Gasteiger partial charge >= 0.3 is 0 Å². The predicted octanol–water partition coefficient (Wildman–Crippen LogP) is 3.15. The summed E-state index contributed by atoms with van der Waals surface area (Å²) >= 11 is 1.64. The van der Waals surface area contributed by atoms with Crippen LogP contribution in [0.15, 0.2) is 29.8 Å². The number of thiazole rings is 1. The van der Waals surface area contributed by atoms with Crippen LogP contribution in [-0.4, -0.2) is 28.6 Å². The van der Waals surface area contributed by atoms with Crippen LogP contribution in [0.5, 0.6) is 0 Å². The predicted molar refractivity (Wildman–Crippen MR) is 79.2 cm³/mol. The molecule has 0 aliphatic rings. The van der Waals surface area contributed by atoms with E-state index < -0.39 is 6.10 Å². The van der Waals surface area contributed by atoms with Crippen molar-refractivity contribution in [3.63, 3.8) is 0 Å². The number of aliphatic hydroxyl groups excluding tert-OH is 1. The van der Waals surface area contributed by atoms with Gasteiger partial charge in [-0.3, -0.25) is 0 Å². The van der Waals surface area contributed by atoms with Crippen molar-refractivity contribution in [1.82, 2.24) is 9.88 Å². The number of benzene rings is 1. The van der Waals surface area contributed by atoms with Crippen LogP contribution in [-0.2, 0) is 6.54 Å². The lowest BCUT2D eigenvalue weighted by molar-refractivity contribution is 0.144. The summed E-state index contributed by atoms with van der Waals surface area (Å²) < 4.78 is 13.5. The molecule has 1 aromatic carbocycles. The molecule has 3 nitrogen and oxygen atoms in total. The van der Waals surface area contributed by atoms with Gasteiger partial charge in [0.2, 0.25) is 0 Å². The number of aliphatic hydroxyl groups is 1. The van der Waals surface area contributed by atoms with E-state index in [0.717, 1.165) is 12.2 Å². The number of aromatic nitrogens is 1. The Morgan fingerprint density at radius 3 is 2.80 bits per heavy atom. The zero-order valence-corrected chi connectivity index (χ0v) is 12.5. The highest BCUT2D eigenvalue weighted by molar-refractivity contribution is 7.09. The number of hydrogen-bond acceptors (Lipinski definition) is 4. The fourth-order valence-corrected chi connectivity index (χ4v) is 2.90. The standard InChI is InChI=1S/C15H19FN2OS/c1-11-15(20-10-17-11)9-18(2)8-7-14(19)12-5-3-4-6-13(12)16/h3-6,10,14,19H,7-9H2,1-2H3. The third-order valence-corrected chi connectivity index (χ3v) is 4.23. The maximum Gasteiger partial charge on any atom is 0.128 e. The Balaban J connectivity index is 1.86. The largest absolute Gasteiger partial charge is 0.388 e. The van der Waals surface area contributed by atoms with Crippen LogP contribution < -0.4 is 0 Å². The first-order valence-corrected chi connectivity index (χ1v) is 7.46. The number of nitrogens with zero attached hydrogens (tertiary/aromatic N) is 2. The average Bonchev–Trinajstić information content (AvgIpc) is 2.82. The van der Waals surface area contributed by atoms with Gasteiger partial charge in [0.1, 0.15) is 5.82 Å². The molecule has 0 amide bonds. The van der Waals surface area contributed by atoms with Crippen LogP contribution in [0.4, 0.5) is 4.39 Å². The van der Waals surface area contributed by atoms with Crippen LogP contribution in [0.25, 0.3) is 0 Å². The molecular formula is C15H19FN2OS. The monoisotopic (exact) mass is 294 g/mol. The number of aryl methyl sites for hydroxylation is 1. The van der Waals surface area contributed by atoms with E-state index in [9.17, 15) is 9.50 Å². The van der Waals surface area contributed by atoms with Gasteiger partial charge < -0.3 is 10.0 Å². The van der Waals surface area contributed by atoms with Crippen LogP contribution in [0.1, 0.15) is 28.7 Å². The van der Waals surface area contributed by atoms with E-state index in [1.54, 1.807) is 29.5 Å². The third kappa shape index (κ3) is 3.85. The molecule has 0 aliphatic heterocycles. The highest BCUT2D eigenvalue weighted by Gasteiger charge is 2.13. The summed E-state index contributed by atoms with van der Waals surface area (Å²) in [6, 6.07) is 6.38. The summed E-state index contributed by atoms with van der Waals surface area (Å²) in [5.41, 5.74) is 3.26. The SMILES string of the molecule is Cc1ncsc1CN(C)CCC(O)c1ccccc1F. The smallest absolute Gasteiger partial charge is 0.128 e. The van der Waals surface area contributed by atoms with E-state index >= 15 is 0 Å². The van der Waals surface area contributed by atoms with Crippen molar-refractivity contribution in [3.05, 3.63) is 51.7 Å². The van der Waals surface area contributed by atoms with Gasteiger partial charge in [-0.2, -0.15) is 0 Å². The van der Waals surface area contributed by atoms with Gasteiger partial charge in [-0.15, -0.1) is 11.3 Å². The molecule has 0 aliphatic carbocycles. The van der Waals surface area contributed by atoms with Crippen molar-refractivity contribution >= 4 is 11.3 Å². The van der Waals surface area contributed by atoms with Crippen LogP contribution in [0, 0.1) is 12.7 Å². The Morgan fingerprint density at radius 2 is 2.15 bits per heavy atom. The van der Waals surface area contributed by atoms with Gasteiger partial charge in [0.05, 0.1) is 17.3 Å². The molecule has 20 heavy (non-hydrogen) atoms. The van der Waals surface area contributed by atoms with Crippen LogP contribution in [0.2, 0.25) is 0 Å². The minimum absolute atomic E-state index is 0.346. The van der Waals surface area contributed by atoms with Gasteiger partial charge in [-0.25, -0.2) is 9.37 Å². The molecule has 0 saturated carbocycles. The molecule has 5 heteroatoms. The topological polar surface area (TPSA) is 36.4 Å². The Bertz CT molecular complexity index is 558. The molecule has 0 spiro atoms. The lowest BCUT2D eigenvalue weighted by atomic mass is 10.1. The number of halogens is 1. The van der Waals surface area contributed by atoms with E-state index in [1.165, 1.54) is 10.9 Å². The molecule has 2 aromatic rings. The summed E-state index contributed by atoms with van der Waals surface area (Å²) in [4.78, 5) is 7.56. The molecule has 2 rings (SSSR count). The van der Waals surface area contributed by atoms with Gasteiger partial charge in [-0.1, -0.05) is 18.2 Å². The van der Waals surface area contributed by atoms with Crippen molar-refractivity contribution in [1.29, 1.82) is 0 Å². The Labute approximate surface area is 122 Å². The highest BCUT2D eigenvalue weighted by atomic mass is 32.1. The van der Waals surface area contributed by atoms with E-state index in [0.29, 0.717) is 18.5 Å². The minimum atomic E-state index is -0.763. The summed E-state index contributed by atoms with van der Waals surface area (Å²) in [6.45, 7) is 3.50. The van der Waals surface area contributed by atoms with Crippen LogP contribution >= 0.6 is 11.3 Å². The fourth-order valence-electron chi connectivity index (χ4n) is 2.05. The fraction of sp³-hybridized carbons (Fsp3) is 0.400. The van der Waals surface area contributed by atoms with Gasteiger partial charge in [-0.05, 0) is 26.5 Å². The van der Waals surface area contributed by atoms with Crippen molar-refractivity contribution in [3.8, 4) is 0 Å². The summed E-state index contributed by atoms with van der Waals surface area (Å²) in [5, 5.41) is 10.1. The van der Waals surface area contributed by atoms with Crippen LogP contribution in [0.3, 0.4) is 0 Å². The van der Waals surface area contributed by atoms with Crippen molar-refractivity contribution < 1.29 is 9.50 Å². The maximum atomic E-state index is 13.5. The van der Waals surface area contributed by atoms with E-state index in [4.69, 9.17) is 0 Å². The minimum Gasteiger partial charge on any atom is -0.388 e. The molecule has 108 valence electrons. The zero-order valence-electron chi connectivity index (χ0n) is 11.7. The molecule has 1 N–H and O–H groups in total. The first-order valence-electron chi connectivity index (χ1n) is 6.58. The second kappa shape index (κ2) is 6.92. The first-order chi connectivity index (χ1) is 9.58. The van der Waals surface area contributed by atoms with Crippen molar-refractivity contribution in [2.45, 2.75) is 26.0 Å². The molecule has 0 saturated heterocycles. The summed E-state index contributed by atoms with van der Waals surface area (Å²) in [7, 11) is 1.99. The van der Waals surface area contributed by atoms with Gasteiger partial charge in [0.25, 0.3) is 0 Å². The second-order valence-corrected chi connectivity index (χ2v) is 5.86. The highest BCUT2D eigenvalue weighted by Crippen LogP contribution is 2.21. The molecule has 0 fully saturated rings. The third-order valence-electron chi connectivity index (χ3n) is 3.31. The Morgan fingerprint density at radius 1 is 1.40 bits per heavy atom. The van der Waals surface area contributed by atoms with Gasteiger partial charge in [0, 0.05) is 23.5 Å². The zero-order chi connectivity index (χ0) is 14.5. The van der Waals surface area contributed by atoms with Gasteiger partial charge in [0.15, 0.2) is 0 Å². The molecule has 1 atom stereocenters. The van der Waals surface area contributed by atoms with Crippen molar-refractivity contribution in [2.75, 3.05) is 13.6 Å². The lowest BCUT2D eigenvalue weighted by Gasteiger charge is -2.19. The lowest BCUT2D eigenvalue weighted by Crippen LogP contribution is -2.21. The molecule has 1 unspecified atom stereocenters. The Hall–Kier alpha value is -1.30. The first kappa shape index (κ1) is 15.1. The number of hydrogen-bond donors (Lipinski definition) is 1. The summed E-state index contributed by atoms with van der Waals surface area (Å²) in [6.07, 6.45) is -0.254. The van der Waals surface area contributed by atoms with E-state index in [1.807, 2.05) is 19.5 Å². The second-order valence-electron chi connectivity index (χ2n) is 4.92. The quantitative estimate of drug-likeness (QED) is 0.889. The maximum absolute atomic E-state index is 13.5. The van der Waals surface area contributed by atoms with Crippen molar-refractivity contribution in [2.24, 2.45) is 0 Å². The average molecular weight is 294 g/mol. The normalized spacial score (nSPS) is 12.8.